The number of aromatic nitrogens is 1. The summed E-state index contributed by atoms with van der Waals surface area (Å²) in [5, 5.41) is 0. The molecule has 0 saturated carbocycles. The quantitative estimate of drug-likeness (QED) is 0.799. The maximum atomic E-state index is 11.5. The molecule has 2 bridgehead atoms. The average Bonchev–Trinajstić information content (AvgIpc) is 2.89. The van der Waals surface area contributed by atoms with Crippen LogP contribution in [-0.4, -0.2) is 23.1 Å². The molecule has 3 rings (SSSR count). The van der Waals surface area contributed by atoms with Gasteiger partial charge in [0.05, 0.1) is 18.1 Å². The lowest BCUT2D eigenvalue weighted by molar-refractivity contribution is -0.123. The van der Waals surface area contributed by atoms with Gasteiger partial charge in [0, 0.05) is 18.3 Å². The number of amides is 1. The number of hydrogen-bond donors (Lipinski definition) is 1. The van der Waals surface area contributed by atoms with Gasteiger partial charge in [-0.25, -0.2) is 0 Å². The molecular formula is C12H14N2O2. The molecule has 1 amide bonds. The van der Waals surface area contributed by atoms with Crippen LogP contribution in [0.4, 0.5) is 0 Å². The second-order valence-corrected chi connectivity index (χ2v) is 4.52. The van der Waals surface area contributed by atoms with Crippen molar-refractivity contribution in [2.75, 3.05) is 0 Å². The third-order valence-corrected chi connectivity index (χ3v) is 3.69. The molecule has 0 spiro atoms. The van der Waals surface area contributed by atoms with E-state index in [2.05, 4.69) is 4.98 Å². The zero-order valence-corrected chi connectivity index (χ0v) is 8.87. The van der Waals surface area contributed by atoms with Crippen LogP contribution < -0.4 is 5.73 Å². The number of ether oxygens (including phenoxy) is 1. The third-order valence-electron chi connectivity index (χ3n) is 3.69. The number of rotatable bonds is 2. The van der Waals surface area contributed by atoms with E-state index in [4.69, 9.17) is 10.5 Å². The standard InChI is InChI=1S/C12H14N2O2/c13-12(15)11-9-2-1-8(16-9)10(11)7-3-5-14-6-4-7/h3-6,8-11H,1-2H2,(H2,13,15). The van der Waals surface area contributed by atoms with E-state index in [1.54, 1.807) is 12.4 Å². The summed E-state index contributed by atoms with van der Waals surface area (Å²) in [5.41, 5.74) is 6.59. The largest absolute Gasteiger partial charge is 0.373 e. The Bertz CT molecular complexity index is 407. The summed E-state index contributed by atoms with van der Waals surface area (Å²) in [7, 11) is 0. The Morgan fingerprint density at radius 2 is 2.00 bits per heavy atom. The Labute approximate surface area is 93.8 Å². The molecule has 0 aromatic carbocycles. The lowest BCUT2D eigenvalue weighted by atomic mass is 9.75. The van der Waals surface area contributed by atoms with E-state index < -0.39 is 0 Å². The summed E-state index contributed by atoms with van der Waals surface area (Å²) in [5.74, 6) is -0.283. The number of nitrogens with zero attached hydrogens (tertiary/aromatic N) is 1. The number of primary amides is 1. The number of carbonyl (C=O) groups excluding carboxylic acids is 1. The first-order chi connectivity index (χ1) is 7.77. The Kier molecular flexibility index (Phi) is 2.17. The van der Waals surface area contributed by atoms with Gasteiger partial charge in [0.2, 0.25) is 5.91 Å². The second kappa shape index (κ2) is 3.56. The molecule has 2 fully saturated rings. The minimum atomic E-state index is -0.242. The van der Waals surface area contributed by atoms with Crippen LogP contribution in [0.3, 0.4) is 0 Å². The maximum absolute atomic E-state index is 11.5. The summed E-state index contributed by atoms with van der Waals surface area (Å²) in [6.07, 6.45) is 5.67. The molecule has 0 aliphatic carbocycles. The first-order valence-electron chi connectivity index (χ1n) is 5.62. The fourth-order valence-corrected chi connectivity index (χ4v) is 3.05. The molecule has 4 unspecified atom stereocenters. The fourth-order valence-electron chi connectivity index (χ4n) is 3.05. The van der Waals surface area contributed by atoms with Gasteiger partial charge in [0.25, 0.3) is 0 Å². The van der Waals surface area contributed by atoms with Gasteiger partial charge in [-0.2, -0.15) is 0 Å². The maximum Gasteiger partial charge on any atom is 0.223 e. The summed E-state index contributed by atoms with van der Waals surface area (Å²) in [6, 6.07) is 3.90. The Morgan fingerprint density at radius 1 is 1.31 bits per heavy atom. The van der Waals surface area contributed by atoms with Crippen LogP contribution in [0.25, 0.3) is 0 Å². The van der Waals surface area contributed by atoms with Crippen molar-refractivity contribution in [3.8, 4) is 0 Å². The van der Waals surface area contributed by atoms with Crippen molar-refractivity contribution in [1.82, 2.24) is 4.98 Å². The fraction of sp³-hybridized carbons (Fsp3) is 0.500. The highest BCUT2D eigenvalue weighted by Crippen LogP contribution is 2.48. The predicted molar refractivity (Wildman–Crippen MR) is 57.6 cm³/mol. The highest BCUT2D eigenvalue weighted by atomic mass is 16.5. The molecule has 2 aliphatic heterocycles. The van der Waals surface area contributed by atoms with Gasteiger partial charge >= 0.3 is 0 Å². The topological polar surface area (TPSA) is 65.2 Å². The van der Waals surface area contributed by atoms with Gasteiger partial charge < -0.3 is 10.5 Å². The monoisotopic (exact) mass is 218 g/mol. The molecule has 4 nitrogen and oxygen atoms in total. The number of carbonyl (C=O) groups is 1. The van der Waals surface area contributed by atoms with Crippen molar-refractivity contribution in [3.63, 3.8) is 0 Å². The zero-order valence-electron chi connectivity index (χ0n) is 8.87. The lowest BCUT2D eigenvalue weighted by Crippen LogP contribution is -2.36. The van der Waals surface area contributed by atoms with Crippen LogP contribution in [-0.2, 0) is 9.53 Å². The molecule has 84 valence electrons. The first kappa shape index (κ1) is 9.78. The minimum Gasteiger partial charge on any atom is -0.373 e. The number of fused-ring (bicyclic) bond motifs is 2. The zero-order chi connectivity index (χ0) is 11.1. The minimum absolute atomic E-state index is 0.0284. The third kappa shape index (κ3) is 1.33. The summed E-state index contributed by atoms with van der Waals surface area (Å²) < 4.78 is 5.79. The van der Waals surface area contributed by atoms with Crippen LogP contribution in [0.2, 0.25) is 0 Å². The van der Waals surface area contributed by atoms with Gasteiger partial charge in [0.15, 0.2) is 0 Å². The molecule has 4 heteroatoms. The molecule has 3 heterocycles. The van der Waals surface area contributed by atoms with Crippen molar-refractivity contribution in [2.24, 2.45) is 11.7 Å². The number of pyridine rings is 1. The van der Waals surface area contributed by atoms with Gasteiger partial charge in [-0.05, 0) is 30.5 Å². The Morgan fingerprint density at radius 3 is 2.69 bits per heavy atom. The molecule has 2 saturated heterocycles. The van der Waals surface area contributed by atoms with Crippen molar-refractivity contribution in [1.29, 1.82) is 0 Å². The highest BCUT2D eigenvalue weighted by molar-refractivity contribution is 5.79. The Hall–Kier alpha value is -1.42. The highest BCUT2D eigenvalue weighted by Gasteiger charge is 2.51. The van der Waals surface area contributed by atoms with Gasteiger partial charge in [-0.3, -0.25) is 9.78 Å². The van der Waals surface area contributed by atoms with E-state index in [9.17, 15) is 4.79 Å². The summed E-state index contributed by atoms with van der Waals surface area (Å²) in [4.78, 5) is 15.5. The van der Waals surface area contributed by atoms with Crippen molar-refractivity contribution in [2.45, 2.75) is 31.0 Å². The van der Waals surface area contributed by atoms with Gasteiger partial charge in [0.1, 0.15) is 0 Å². The molecule has 4 atom stereocenters. The van der Waals surface area contributed by atoms with Crippen LogP contribution in [0.15, 0.2) is 24.5 Å². The predicted octanol–water partition coefficient (Wildman–Crippen LogP) is 0.828. The summed E-state index contributed by atoms with van der Waals surface area (Å²) >= 11 is 0. The molecule has 1 aromatic heterocycles. The van der Waals surface area contributed by atoms with Crippen molar-refractivity contribution < 1.29 is 9.53 Å². The SMILES string of the molecule is NC(=O)C1C2CCC(O2)C1c1ccncc1. The first-order valence-corrected chi connectivity index (χ1v) is 5.62. The van der Waals surface area contributed by atoms with Crippen LogP contribution in [0.1, 0.15) is 24.3 Å². The lowest BCUT2D eigenvalue weighted by Gasteiger charge is -2.25. The van der Waals surface area contributed by atoms with E-state index in [1.165, 1.54) is 0 Å². The van der Waals surface area contributed by atoms with Crippen LogP contribution in [0, 0.1) is 5.92 Å². The van der Waals surface area contributed by atoms with E-state index in [0.717, 1.165) is 18.4 Å². The van der Waals surface area contributed by atoms with E-state index >= 15 is 0 Å². The molecule has 0 radical (unpaired) electrons. The second-order valence-electron chi connectivity index (χ2n) is 4.52. The van der Waals surface area contributed by atoms with Gasteiger partial charge in [-0.15, -0.1) is 0 Å². The van der Waals surface area contributed by atoms with Gasteiger partial charge in [-0.1, -0.05) is 0 Å². The van der Waals surface area contributed by atoms with Crippen LogP contribution in [0.5, 0.6) is 0 Å². The Balaban J connectivity index is 1.97. The number of nitrogens with two attached hydrogens (primary N) is 1. The van der Waals surface area contributed by atoms with E-state index in [-0.39, 0.29) is 30.0 Å². The van der Waals surface area contributed by atoms with E-state index in [0.29, 0.717) is 0 Å². The molecular weight excluding hydrogens is 204 g/mol. The molecule has 2 aliphatic rings. The normalized spacial score (nSPS) is 36.5. The number of hydrogen-bond acceptors (Lipinski definition) is 3. The van der Waals surface area contributed by atoms with Crippen molar-refractivity contribution in [3.05, 3.63) is 30.1 Å². The van der Waals surface area contributed by atoms with Crippen LogP contribution >= 0.6 is 0 Å². The summed E-state index contributed by atoms with van der Waals surface area (Å²) in [6.45, 7) is 0. The smallest absolute Gasteiger partial charge is 0.223 e. The molecule has 1 aromatic rings. The van der Waals surface area contributed by atoms with E-state index in [1.807, 2.05) is 12.1 Å². The van der Waals surface area contributed by atoms with Crippen molar-refractivity contribution >= 4 is 5.91 Å². The average molecular weight is 218 g/mol. The molecule has 2 N–H and O–H groups in total. The molecule has 16 heavy (non-hydrogen) atoms.